The first kappa shape index (κ1) is 22.9. The number of rotatable bonds is 6. The Labute approximate surface area is 177 Å². The van der Waals surface area contributed by atoms with Crippen LogP contribution in [0.25, 0.3) is 11.8 Å². The van der Waals surface area contributed by atoms with Crippen molar-refractivity contribution in [2.24, 2.45) is 0 Å². The first-order valence-corrected chi connectivity index (χ1v) is 9.73. The van der Waals surface area contributed by atoms with Crippen molar-refractivity contribution >= 4 is 12.0 Å². The van der Waals surface area contributed by atoms with E-state index in [-0.39, 0.29) is 12.5 Å². The Bertz CT molecular complexity index is 963. The number of carbonyl (C=O) groups is 1. The van der Waals surface area contributed by atoms with Gasteiger partial charge in [-0.2, -0.15) is 0 Å². The number of imidazole rings is 1. The summed E-state index contributed by atoms with van der Waals surface area (Å²) in [5.41, 5.74) is 3.96. The maximum Gasteiger partial charge on any atom is 0.244 e. The smallest absolute Gasteiger partial charge is 0.244 e. The summed E-state index contributed by atoms with van der Waals surface area (Å²) < 4.78 is 7.31. The van der Waals surface area contributed by atoms with Crippen molar-refractivity contribution in [1.29, 1.82) is 0 Å². The van der Waals surface area contributed by atoms with Gasteiger partial charge in [0, 0.05) is 18.8 Å². The fraction of sp³-hybridized carbons (Fsp3) is 0.250. The van der Waals surface area contributed by atoms with Crippen molar-refractivity contribution < 1.29 is 14.6 Å². The lowest BCUT2D eigenvalue weighted by Crippen LogP contribution is -2.28. The highest BCUT2D eigenvalue weighted by Gasteiger charge is 2.06. The molecule has 2 aromatic carbocycles. The van der Waals surface area contributed by atoms with Gasteiger partial charge in [0.1, 0.15) is 5.75 Å². The number of aliphatic hydroxyl groups is 1. The van der Waals surface area contributed by atoms with E-state index in [1.165, 1.54) is 11.6 Å². The summed E-state index contributed by atoms with van der Waals surface area (Å²) in [5.74, 6) is 0.438. The largest absolute Gasteiger partial charge is 0.495 e. The van der Waals surface area contributed by atoms with Gasteiger partial charge in [-0.15, -0.1) is 0 Å². The van der Waals surface area contributed by atoms with Gasteiger partial charge in [0.25, 0.3) is 0 Å². The number of aliphatic hydroxyl groups excluding tert-OH is 1. The minimum atomic E-state index is -0.564. The molecule has 0 aliphatic rings. The molecule has 0 bridgehead atoms. The third kappa shape index (κ3) is 7.56. The normalized spacial score (nSPS) is 11.5. The number of nitrogens with zero attached hydrogens (tertiary/aromatic N) is 2. The van der Waals surface area contributed by atoms with Gasteiger partial charge in [-0.3, -0.25) is 4.79 Å². The second-order valence-corrected chi connectivity index (χ2v) is 6.94. The predicted octanol–water partition coefficient (Wildman–Crippen LogP) is 3.69. The van der Waals surface area contributed by atoms with E-state index in [2.05, 4.69) is 29.4 Å². The molecule has 0 saturated heterocycles. The Kier molecular flexibility index (Phi) is 8.84. The van der Waals surface area contributed by atoms with Crippen LogP contribution in [-0.2, 0) is 4.79 Å². The van der Waals surface area contributed by atoms with E-state index < -0.39 is 6.10 Å². The monoisotopic (exact) mass is 407 g/mol. The molecule has 6 heteroatoms. The molecule has 0 fully saturated rings. The zero-order valence-electron chi connectivity index (χ0n) is 17.9. The lowest BCUT2D eigenvalue weighted by Gasteiger charge is -2.10. The van der Waals surface area contributed by atoms with E-state index in [4.69, 9.17) is 9.84 Å². The summed E-state index contributed by atoms with van der Waals surface area (Å²) in [6.07, 6.45) is 6.20. The number of methoxy groups -OCH3 is 1. The molecule has 0 radical (unpaired) electrons. The maximum absolute atomic E-state index is 11.6. The summed E-state index contributed by atoms with van der Waals surface area (Å²) >= 11 is 0. The van der Waals surface area contributed by atoms with Crippen molar-refractivity contribution in [1.82, 2.24) is 14.9 Å². The number of aryl methyl sites for hydroxylation is 2. The molecule has 158 valence electrons. The van der Waals surface area contributed by atoms with Crippen molar-refractivity contribution in [3.63, 3.8) is 0 Å². The van der Waals surface area contributed by atoms with Crippen LogP contribution < -0.4 is 10.1 Å². The van der Waals surface area contributed by atoms with Crippen LogP contribution in [0.15, 0.2) is 67.1 Å². The molecular weight excluding hydrogens is 378 g/mol. The number of amides is 1. The molecule has 6 nitrogen and oxygen atoms in total. The SMILES string of the molecule is COc1cc(C=CC(=O)NCC(C)O)ccc1-n1cnc(C)c1.Cc1ccccc1. The van der Waals surface area contributed by atoms with Crippen LogP contribution in [-0.4, -0.2) is 40.3 Å². The molecule has 2 N–H and O–H groups in total. The third-order valence-electron chi connectivity index (χ3n) is 4.13. The standard InChI is InChI=1S/C17H21N3O3.C7H8/c1-12-10-20(11-19-12)15-6-4-14(8-16(15)23-3)5-7-17(22)18-9-13(2)21;1-7-5-3-2-4-6-7/h4-8,10-11,13,21H,9H2,1-3H3,(H,18,22);2-6H,1H3. The van der Waals surface area contributed by atoms with Gasteiger partial charge in [-0.25, -0.2) is 4.98 Å². The van der Waals surface area contributed by atoms with Gasteiger partial charge in [0.2, 0.25) is 5.91 Å². The zero-order valence-corrected chi connectivity index (χ0v) is 17.9. The van der Waals surface area contributed by atoms with Crippen molar-refractivity contribution in [2.75, 3.05) is 13.7 Å². The van der Waals surface area contributed by atoms with Crippen LogP contribution in [0.4, 0.5) is 0 Å². The van der Waals surface area contributed by atoms with Crippen molar-refractivity contribution in [2.45, 2.75) is 26.9 Å². The molecule has 30 heavy (non-hydrogen) atoms. The lowest BCUT2D eigenvalue weighted by atomic mass is 10.1. The first-order chi connectivity index (χ1) is 14.4. The molecule has 3 aromatic rings. The molecule has 0 spiro atoms. The van der Waals surface area contributed by atoms with E-state index in [9.17, 15) is 4.79 Å². The van der Waals surface area contributed by atoms with E-state index in [1.807, 2.05) is 54.1 Å². The number of benzene rings is 2. The van der Waals surface area contributed by atoms with E-state index in [0.29, 0.717) is 5.75 Å². The van der Waals surface area contributed by atoms with Gasteiger partial charge >= 0.3 is 0 Å². The van der Waals surface area contributed by atoms with Gasteiger partial charge in [0.05, 0.1) is 30.9 Å². The third-order valence-corrected chi connectivity index (χ3v) is 4.13. The Morgan fingerprint density at radius 2 is 1.97 bits per heavy atom. The maximum atomic E-state index is 11.6. The molecular formula is C24H29N3O3. The summed E-state index contributed by atoms with van der Waals surface area (Å²) in [6, 6.07) is 15.9. The average molecular weight is 408 g/mol. The summed E-state index contributed by atoms with van der Waals surface area (Å²) in [7, 11) is 1.60. The Morgan fingerprint density at radius 1 is 1.23 bits per heavy atom. The minimum Gasteiger partial charge on any atom is -0.495 e. The van der Waals surface area contributed by atoms with Crippen LogP contribution in [0.1, 0.15) is 23.7 Å². The number of hydrogen-bond donors (Lipinski definition) is 2. The van der Waals surface area contributed by atoms with Crippen LogP contribution in [0, 0.1) is 13.8 Å². The van der Waals surface area contributed by atoms with E-state index >= 15 is 0 Å². The number of carbonyl (C=O) groups excluding carboxylic acids is 1. The minimum absolute atomic E-state index is 0.228. The number of aromatic nitrogens is 2. The highest BCUT2D eigenvalue weighted by Crippen LogP contribution is 2.25. The molecule has 0 aliphatic heterocycles. The highest BCUT2D eigenvalue weighted by molar-refractivity contribution is 5.91. The average Bonchev–Trinajstić information content (AvgIpc) is 3.17. The Balaban J connectivity index is 0.000000386. The summed E-state index contributed by atoms with van der Waals surface area (Å²) in [6.45, 7) is 5.85. The number of hydrogen-bond acceptors (Lipinski definition) is 4. The van der Waals surface area contributed by atoms with Crippen LogP contribution >= 0.6 is 0 Å². The van der Waals surface area contributed by atoms with Crippen LogP contribution in [0.5, 0.6) is 5.75 Å². The highest BCUT2D eigenvalue weighted by atomic mass is 16.5. The Hall–Kier alpha value is -3.38. The van der Waals surface area contributed by atoms with Gasteiger partial charge in [-0.1, -0.05) is 42.0 Å². The fourth-order valence-corrected chi connectivity index (χ4v) is 2.58. The molecule has 0 aliphatic carbocycles. The van der Waals surface area contributed by atoms with Gasteiger partial charge in [0.15, 0.2) is 0 Å². The fourth-order valence-electron chi connectivity index (χ4n) is 2.58. The van der Waals surface area contributed by atoms with Crippen molar-refractivity contribution in [3.05, 3.63) is 84.0 Å². The zero-order chi connectivity index (χ0) is 21.9. The first-order valence-electron chi connectivity index (χ1n) is 9.73. The van der Waals surface area contributed by atoms with Gasteiger partial charge in [-0.05, 0) is 44.5 Å². The Morgan fingerprint density at radius 3 is 2.50 bits per heavy atom. The molecule has 0 saturated carbocycles. The van der Waals surface area contributed by atoms with E-state index in [1.54, 1.807) is 26.4 Å². The molecule has 3 rings (SSSR count). The van der Waals surface area contributed by atoms with Crippen molar-refractivity contribution in [3.8, 4) is 11.4 Å². The lowest BCUT2D eigenvalue weighted by molar-refractivity contribution is -0.116. The molecule has 1 aromatic heterocycles. The quantitative estimate of drug-likeness (QED) is 0.611. The van der Waals surface area contributed by atoms with Gasteiger partial charge < -0.3 is 19.7 Å². The topological polar surface area (TPSA) is 76.4 Å². The van der Waals surface area contributed by atoms with E-state index in [0.717, 1.165) is 16.9 Å². The molecule has 1 unspecified atom stereocenters. The van der Waals surface area contributed by atoms with Crippen LogP contribution in [0.2, 0.25) is 0 Å². The summed E-state index contributed by atoms with van der Waals surface area (Å²) in [5, 5.41) is 11.7. The predicted molar refractivity (Wildman–Crippen MR) is 120 cm³/mol. The molecule has 1 heterocycles. The number of nitrogens with one attached hydrogen (secondary N) is 1. The van der Waals surface area contributed by atoms with Crippen LogP contribution in [0.3, 0.4) is 0 Å². The second-order valence-electron chi connectivity index (χ2n) is 6.94. The molecule has 1 amide bonds. The molecule has 1 atom stereocenters. The summed E-state index contributed by atoms with van der Waals surface area (Å²) in [4.78, 5) is 15.8. The number of ether oxygens (including phenoxy) is 1. The second kappa shape index (κ2) is 11.6.